The van der Waals surface area contributed by atoms with E-state index in [4.69, 9.17) is 0 Å². The number of aliphatic imine (C=N–C) groups is 1. The number of hydrogen-bond donors (Lipinski definition) is 1. The highest BCUT2D eigenvalue weighted by Crippen LogP contribution is 2.28. The summed E-state index contributed by atoms with van der Waals surface area (Å²) >= 11 is 0. The predicted octanol–water partition coefficient (Wildman–Crippen LogP) is 3.27. The van der Waals surface area contributed by atoms with Gasteiger partial charge in [0.1, 0.15) is 0 Å². The number of pyridine rings is 1. The van der Waals surface area contributed by atoms with E-state index in [-0.39, 0.29) is 34.5 Å². The second-order valence-corrected chi connectivity index (χ2v) is 5.67. The molecule has 1 N–H and O–H groups in total. The number of hydrogen-bond acceptors (Lipinski definition) is 4. The Bertz CT molecular complexity index is 886. The number of alkyl halides is 2. The van der Waals surface area contributed by atoms with E-state index in [1.54, 1.807) is 11.0 Å². The number of imidazole rings is 1. The molecule has 3 heterocycles. The van der Waals surface area contributed by atoms with E-state index in [0.717, 1.165) is 11.3 Å². The number of carbonyl (C=O) groups excluding carboxylic acids is 1. The standard InChI is InChI=1S/C17H17F2N5O/c1-4-10-9(2)24(8-6-12(10)20-3)17(25)16-22-13-11(14(18)19)5-7-21-15(13)23-16/h4-5,7,9,14H,1,3,6,8H2,2H3,(H,21,22,23)/t9-/m1/s1. The van der Waals surface area contributed by atoms with E-state index in [2.05, 4.69) is 33.2 Å². The molecule has 1 aliphatic rings. The van der Waals surface area contributed by atoms with Crippen molar-refractivity contribution in [2.75, 3.05) is 6.54 Å². The Morgan fingerprint density at radius 1 is 1.56 bits per heavy atom. The lowest BCUT2D eigenvalue weighted by Crippen LogP contribution is -2.43. The van der Waals surface area contributed by atoms with Gasteiger partial charge in [-0.25, -0.2) is 18.7 Å². The monoisotopic (exact) mass is 345 g/mol. The molecule has 0 unspecified atom stereocenters. The fraction of sp³-hybridized carbons (Fsp3) is 0.294. The second-order valence-electron chi connectivity index (χ2n) is 5.67. The van der Waals surface area contributed by atoms with Crippen molar-refractivity contribution in [2.45, 2.75) is 25.8 Å². The molecule has 1 amide bonds. The summed E-state index contributed by atoms with van der Waals surface area (Å²) in [5.41, 5.74) is 1.57. The maximum atomic E-state index is 13.1. The molecule has 0 spiro atoms. The Balaban J connectivity index is 1.98. The van der Waals surface area contributed by atoms with Gasteiger partial charge in [0.25, 0.3) is 12.3 Å². The van der Waals surface area contributed by atoms with Crippen LogP contribution in [0.2, 0.25) is 0 Å². The normalized spacial score (nSPS) is 18.1. The molecule has 2 aromatic rings. The summed E-state index contributed by atoms with van der Waals surface area (Å²) in [7, 11) is 0. The number of carbonyl (C=O) groups is 1. The number of aromatic amines is 1. The van der Waals surface area contributed by atoms with Crippen molar-refractivity contribution in [2.24, 2.45) is 4.99 Å². The van der Waals surface area contributed by atoms with Crippen molar-refractivity contribution in [1.29, 1.82) is 0 Å². The molecule has 0 fully saturated rings. The maximum absolute atomic E-state index is 13.1. The first kappa shape index (κ1) is 16.9. The summed E-state index contributed by atoms with van der Waals surface area (Å²) in [5, 5.41) is 0. The molecule has 0 aliphatic carbocycles. The lowest BCUT2D eigenvalue weighted by Gasteiger charge is -2.34. The molecule has 2 aromatic heterocycles. The lowest BCUT2D eigenvalue weighted by atomic mass is 9.98. The van der Waals surface area contributed by atoms with E-state index in [1.165, 1.54) is 12.3 Å². The highest BCUT2D eigenvalue weighted by atomic mass is 19.3. The molecular weight excluding hydrogens is 328 g/mol. The number of halogens is 2. The number of aromatic nitrogens is 3. The first-order chi connectivity index (χ1) is 12.0. The minimum absolute atomic E-state index is 0.0131. The highest BCUT2D eigenvalue weighted by molar-refractivity contribution is 5.94. The van der Waals surface area contributed by atoms with Crippen molar-refractivity contribution in [3.8, 4) is 0 Å². The molecule has 0 saturated heterocycles. The van der Waals surface area contributed by atoms with E-state index in [0.29, 0.717) is 13.0 Å². The first-order valence-corrected chi connectivity index (χ1v) is 7.73. The maximum Gasteiger partial charge on any atom is 0.290 e. The second kappa shape index (κ2) is 6.54. The van der Waals surface area contributed by atoms with E-state index in [9.17, 15) is 13.6 Å². The molecule has 130 valence electrons. The number of H-pyrrole nitrogens is 1. The number of fused-ring (bicyclic) bond motifs is 1. The zero-order chi connectivity index (χ0) is 18.1. The van der Waals surface area contributed by atoms with Gasteiger partial charge < -0.3 is 9.88 Å². The van der Waals surface area contributed by atoms with Crippen LogP contribution in [0.5, 0.6) is 0 Å². The quantitative estimate of drug-likeness (QED) is 0.864. The van der Waals surface area contributed by atoms with Crippen LogP contribution in [-0.2, 0) is 0 Å². The van der Waals surface area contributed by atoms with Crippen molar-refractivity contribution in [1.82, 2.24) is 19.9 Å². The van der Waals surface area contributed by atoms with E-state index < -0.39 is 6.43 Å². The first-order valence-electron chi connectivity index (χ1n) is 7.73. The molecule has 3 rings (SSSR count). The van der Waals surface area contributed by atoms with Crippen LogP contribution in [0, 0.1) is 0 Å². The number of nitrogens with one attached hydrogen (secondary N) is 1. The third-order valence-corrected chi connectivity index (χ3v) is 4.37. The average Bonchev–Trinajstić information content (AvgIpc) is 3.04. The topological polar surface area (TPSA) is 74.2 Å². The van der Waals surface area contributed by atoms with Gasteiger partial charge in [0.2, 0.25) is 0 Å². The van der Waals surface area contributed by atoms with Gasteiger partial charge in [-0.15, -0.1) is 0 Å². The van der Waals surface area contributed by atoms with Crippen molar-refractivity contribution in [3.05, 3.63) is 47.6 Å². The van der Waals surface area contributed by atoms with Crippen LogP contribution in [0.25, 0.3) is 11.2 Å². The summed E-state index contributed by atoms with van der Waals surface area (Å²) < 4.78 is 26.2. The summed E-state index contributed by atoms with van der Waals surface area (Å²) in [6.07, 6.45) is 0.771. The van der Waals surface area contributed by atoms with Gasteiger partial charge in [0.05, 0.1) is 11.6 Å². The third kappa shape index (κ3) is 2.84. The number of nitrogens with zero attached hydrogens (tertiary/aromatic N) is 4. The summed E-state index contributed by atoms with van der Waals surface area (Å²) in [6.45, 7) is 9.59. The molecule has 1 atom stereocenters. The molecule has 0 aromatic carbocycles. The fourth-order valence-corrected chi connectivity index (χ4v) is 3.06. The molecule has 0 bridgehead atoms. The Morgan fingerprint density at radius 3 is 2.96 bits per heavy atom. The molecule has 25 heavy (non-hydrogen) atoms. The Morgan fingerprint density at radius 2 is 2.32 bits per heavy atom. The van der Waals surface area contributed by atoms with Gasteiger partial charge in [0, 0.05) is 30.4 Å². The van der Waals surface area contributed by atoms with Crippen LogP contribution in [-0.4, -0.2) is 45.1 Å². The smallest absolute Gasteiger partial charge is 0.290 e. The minimum atomic E-state index is -2.68. The van der Waals surface area contributed by atoms with E-state index >= 15 is 0 Å². The van der Waals surface area contributed by atoms with Crippen LogP contribution in [0.4, 0.5) is 8.78 Å². The van der Waals surface area contributed by atoms with Crippen LogP contribution < -0.4 is 0 Å². The van der Waals surface area contributed by atoms with Gasteiger partial charge in [-0.3, -0.25) is 9.79 Å². The van der Waals surface area contributed by atoms with Crippen LogP contribution in [0.3, 0.4) is 0 Å². The molecular formula is C17H17F2N5O. The van der Waals surface area contributed by atoms with Gasteiger partial charge >= 0.3 is 0 Å². The summed E-state index contributed by atoms with van der Waals surface area (Å²) in [6, 6.07) is 0.943. The van der Waals surface area contributed by atoms with Gasteiger partial charge in [-0.1, -0.05) is 12.7 Å². The molecule has 0 saturated carbocycles. The van der Waals surface area contributed by atoms with Crippen molar-refractivity contribution < 1.29 is 13.6 Å². The number of amides is 1. The lowest BCUT2D eigenvalue weighted by molar-refractivity contribution is 0.0697. The zero-order valence-electron chi connectivity index (χ0n) is 13.7. The third-order valence-electron chi connectivity index (χ3n) is 4.37. The van der Waals surface area contributed by atoms with Crippen LogP contribution in [0.15, 0.2) is 41.2 Å². The Hall–Kier alpha value is -2.90. The average molecular weight is 345 g/mol. The number of rotatable bonds is 4. The summed E-state index contributed by atoms with van der Waals surface area (Å²) in [5.74, 6) is -0.394. The van der Waals surface area contributed by atoms with Crippen LogP contribution >= 0.6 is 0 Å². The predicted molar refractivity (Wildman–Crippen MR) is 90.7 cm³/mol. The summed E-state index contributed by atoms with van der Waals surface area (Å²) in [4.78, 5) is 29.2. The van der Waals surface area contributed by atoms with Crippen molar-refractivity contribution >= 4 is 23.8 Å². The van der Waals surface area contributed by atoms with Gasteiger partial charge in [-0.2, -0.15) is 0 Å². The molecule has 0 radical (unpaired) electrons. The van der Waals surface area contributed by atoms with E-state index in [1.807, 2.05) is 6.92 Å². The molecule has 1 aliphatic heterocycles. The minimum Gasteiger partial charge on any atom is -0.332 e. The van der Waals surface area contributed by atoms with Crippen molar-refractivity contribution in [3.63, 3.8) is 0 Å². The van der Waals surface area contributed by atoms with Gasteiger partial charge in [-0.05, 0) is 25.3 Å². The molecule has 6 nitrogen and oxygen atoms in total. The van der Waals surface area contributed by atoms with Crippen LogP contribution in [0.1, 0.15) is 36.0 Å². The van der Waals surface area contributed by atoms with Gasteiger partial charge in [0.15, 0.2) is 11.5 Å². The highest BCUT2D eigenvalue weighted by Gasteiger charge is 2.31. The Labute approximate surface area is 143 Å². The largest absolute Gasteiger partial charge is 0.332 e. The SMILES string of the molecule is C=CC1=C(N=C)CCN(C(=O)c2nc3nccc(C(F)F)c3[nH]2)[C@@H]1C. The zero-order valence-corrected chi connectivity index (χ0v) is 13.7. The fourth-order valence-electron chi connectivity index (χ4n) is 3.06. The molecule has 8 heteroatoms. The Kier molecular flexibility index (Phi) is 4.43.